The van der Waals surface area contributed by atoms with Crippen molar-refractivity contribution in [3.63, 3.8) is 0 Å². The van der Waals surface area contributed by atoms with Gasteiger partial charge in [-0.2, -0.15) is 0 Å². The Morgan fingerprint density at radius 1 is 1.15 bits per heavy atom. The van der Waals surface area contributed by atoms with Crippen LogP contribution in [0.25, 0.3) is 23.0 Å². The van der Waals surface area contributed by atoms with Gasteiger partial charge in [0.05, 0.1) is 0 Å². The standard InChI is InChI=1S/C24H27ClN6O2/c1-13-5-7-14(8-6-13)12-31-19-18(16-3-2-4-17(25)11-16)26-21(23-29-30-24(32)33-23)27-20(19)28-22(31)15-9-10-15/h2-4,11,13-15,22H,5-10,12H2,1H3,(H,30,32)(H,26,27,28). The zero-order valence-corrected chi connectivity index (χ0v) is 19.3. The molecule has 1 atom stereocenters. The number of anilines is 2. The van der Waals surface area contributed by atoms with Crippen molar-refractivity contribution in [2.45, 2.75) is 51.6 Å². The SMILES string of the molecule is CC1CCC(CN2c3c(nc(-c4n[nH]c(=O)o4)nc3-c3cccc(Cl)c3)NC2C2CC2)CC1. The largest absolute Gasteiger partial charge is 0.434 e. The molecule has 3 aromatic rings. The third kappa shape index (κ3) is 4.01. The van der Waals surface area contributed by atoms with Crippen LogP contribution in [-0.2, 0) is 0 Å². The Morgan fingerprint density at radius 2 is 1.97 bits per heavy atom. The summed E-state index contributed by atoms with van der Waals surface area (Å²) in [6.45, 7) is 3.34. The minimum atomic E-state index is -0.629. The summed E-state index contributed by atoms with van der Waals surface area (Å²) in [5, 5.41) is 10.6. The summed E-state index contributed by atoms with van der Waals surface area (Å²) < 4.78 is 5.17. The van der Waals surface area contributed by atoms with Gasteiger partial charge in [0.15, 0.2) is 5.82 Å². The molecule has 3 aliphatic rings. The first-order valence-corrected chi connectivity index (χ1v) is 12.2. The van der Waals surface area contributed by atoms with E-state index in [9.17, 15) is 4.79 Å². The lowest BCUT2D eigenvalue weighted by Gasteiger charge is -2.34. The van der Waals surface area contributed by atoms with Crippen LogP contribution in [0.5, 0.6) is 0 Å². The molecule has 33 heavy (non-hydrogen) atoms. The molecule has 2 saturated carbocycles. The lowest BCUT2D eigenvalue weighted by molar-refractivity contribution is 0.288. The van der Waals surface area contributed by atoms with Gasteiger partial charge in [-0.05, 0) is 55.6 Å². The van der Waals surface area contributed by atoms with Gasteiger partial charge in [0, 0.05) is 17.1 Å². The van der Waals surface area contributed by atoms with E-state index in [0.29, 0.717) is 16.9 Å². The molecule has 3 heterocycles. The zero-order valence-electron chi connectivity index (χ0n) is 18.6. The normalized spacial score (nSPS) is 24.5. The average molecular weight is 467 g/mol. The van der Waals surface area contributed by atoms with E-state index in [0.717, 1.165) is 35.2 Å². The molecule has 2 aliphatic carbocycles. The second-order valence-electron chi connectivity index (χ2n) is 9.73. The van der Waals surface area contributed by atoms with Crippen molar-refractivity contribution in [2.75, 3.05) is 16.8 Å². The maximum absolute atomic E-state index is 11.6. The predicted octanol–water partition coefficient (Wildman–Crippen LogP) is 4.93. The zero-order chi connectivity index (χ0) is 22.5. The highest BCUT2D eigenvalue weighted by Gasteiger charge is 2.43. The van der Waals surface area contributed by atoms with Crippen LogP contribution in [0, 0.1) is 17.8 Å². The van der Waals surface area contributed by atoms with Crippen LogP contribution >= 0.6 is 11.6 Å². The fraction of sp³-hybridized carbons (Fsp3) is 0.500. The fourth-order valence-electron chi connectivity index (χ4n) is 5.22. The quantitative estimate of drug-likeness (QED) is 0.549. The first-order chi connectivity index (χ1) is 16.0. The molecule has 2 aromatic heterocycles. The third-order valence-corrected chi connectivity index (χ3v) is 7.41. The molecule has 0 amide bonds. The molecule has 2 fully saturated rings. The monoisotopic (exact) mass is 466 g/mol. The van der Waals surface area contributed by atoms with Crippen LogP contribution in [0.4, 0.5) is 11.5 Å². The van der Waals surface area contributed by atoms with Gasteiger partial charge in [0.25, 0.3) is 5.89 Å². The Morgan fingerprint density at radius 3 is 2.67 bits per heavy atom. The van der Waals surface area contributed by atoms with Gasteiger partial charge >= 0.3 is 5.76 Å². The van der Waals surface area contributed by atoms with Crippen LogP contribution in [0.3, 0.4) is 0 Å². The van der Waals surface area contributed by atoms with Crippen molar-refractivity contribution in [1.29, 1.82) is 0 Å². The number of rotatable bonds is 5. The number of H-pyrrole nitrogens is 1. The summed E-state index contributed by atoms with van der Waals surface area (Å²) in [7, 11) is 0. The first-order valence-electron chi connectivity index (χ1n) is 11.8. The fourth-order valence-corrected chi connectivity index (χ4v) is 5.41. The van der Waals surface area contributed by atoms with Crippen molar-refractivity contribution in [3.05, 3.63) is 39.8 Å². The molecule has 6 rings (SSSR count). The second kappa shape index (κ2) is 8.17. The van der Waals surface area contributed by atoms with Gasteiger partial charge in [0.1, 0.15) is 17.5 Å². The Balaban J connectivity index is 1.46. The molecule has 0 bridgehead atoms. The summed E-state index contributed by atoms with van der Waals surface area (Å²) in [6, 6.07) is 7.70. The molecule has 9 heteroatoms. The van der Waals surface area contributed by atoms with Crippen molar-refractivity contribution in [3.8, 4) is 23.0 Å². The number of halogens is 1. The van der Waals surface area contributed by atoms with E-state index in [1.54, 1.807) is 0 Å². The van der Waals surface area contributed by atoms with Gasteiger partial charge in [-0.25, -0.2) is 19.9 Å². The minimum absolute atomic E-state index is 0.0792. The lowest BCUT2D eigenvalue weighted by atomic mass is 9.82. The molecular formula is C24H27ClN6O2. The molecule has 172 valence electrons. The number of fused-ring (bicyclic) bond motifs is 1. The van der Waals surface area contributed by atoms with E-state index in [2.05, 4.69) is 27.3 Å². The van der Waals surface area contributed by atoms with Gasteiger partial charge < -0.3 is 14.6 Å². The van der Waals surface area contributed by atoms with Gasteiger partial charge in [0.2, 0.25) is 5.82 Å². The van der Waals surface area contributed by atoms with E-state index in [1.807, 2.05) is 24.3 Å². The molecule has 0 radical (unpaired) electrons. The van der Waals surface area contributed by atoms with Gasteiger partial charge in [-0.3, -0.25) is 0 Å². The number of benzene rings is 1. The highest BCUT2D eigenvalue weighted by atomic mass is 35.5. The Kier molecular flexibility index (Phi) is 5.13. The Hall–Kier alpha value is -2.87. The number of aromatic amines is 1. The maximum Gasteiger partial charge on any atom is 0.434 e. The summed E-state index contributed by atoms with van der Waals surface area (Å²) in [6.07, 6.45) is 7.73. The summed E-state index contributed by atoms with van der Waals surface area (Å²) >= 11 is 6.35. The van der Waals surface area contributed by atoms with E-state index in [1.165, 1.54) is 38.5 Å². The number of nitrogens with zero attached hydrogens (tertiary/aromatic N) is 4. The van der Waals surface area contributed by atoms with E-state index in [-0.39, 0.29) is 17.9 Å². The van der Waals surface area contributed by atoms with Crippen LogP contribution in [0.15, 0.2) is 33.5 Å². The number of hydrogen-bond donors (Lipinski definition) is 2. The molecule has 1 aliphatic heterocycles. The number of aromatic nitrogens is 4. The smallest absolute Gasteiger partial charge is 0.384 e. The summed E-state index contributed by atoms with van der Waals surface area (Å²) in [5.41, 5.74) is 2.69. The molecular weight excluding hydrogens is 440 g/mol. The summed E-state index contributed by atoms with van der Waals surface area (Å²) in [5.74, 6) is 2.57. The van der Waals surface area contributed by atoms with Crippen molar-refractivity contribution in [1.82, 2.24) is 20.2 Å². The lowest BCUT2D eigenvalue weighted by Crippen LogP contribution is -2.41. The van der Waals surface area contributed by atoms with Crippen molar-refractivity contribution >= 4 is 23.1 Å². The topological polar surface area (TPSA) is 99.9 Å². The number of nitrogens with one attached hydrogen (secondary N) is 2. The predicted molar refractivity (Wildman–Crippen MR) is 127 cm³/mol. The molecule has 1 aromatic carbocycles. The first kappa shape index (κ1) is 20.7. The van der Waals surface area contributed by atoms with E-state index < -0.39 is 5.76 Å². The molecule has 0 spiro atoms. The van der Waals surface area contributed by atoms with Crippen LogP contribution in [0.1, 0.15) is 45.4 Å². The van der Waals surface area contributed by atoms with Crippen LogP contribution in [-0.4, -0.2) is 32.9 Å². The second-order valence-corrected chi connectivity index (χ2v) is 10.2. The molecule has 0 saturated heterocycles. The third-order valence-electron chi connectivity index (χ3n) is 7.18. The van der Waals surface area contributed by atoms with E-state index in [4.69, 9.17) is 26.0 Å². The Labute approximate surface area is 196 Å². The van der Waals surface area contributed by atoms with Gasteiger partial charge in [-0.1, -0.05) is 43.5 Å². The summed E-state index contributed by atoms with van der Waals surface area (Å²) in [4.78, 5) is 23.6. The Bertz CT molecular complexity index is 1230. The highest BCUT2D eigenvalue weighted by Crippen LogP contribution is 2.48. The van der Waals surface area contributed by atoms with Crippen molar-refractivity contribution < 1.29 is 4.42 Å². The molecule has 8 nitrogen and oxygen atoms in total. The van der Waals surface area contributed by atoms with Crippen LogP contribution < -0.4 is 16.0 Å². The highest BCUT2D eigenvalue weighted by molar-refractivity contribution is 6.30. The van der Waals surface area contributed by atoms with Crippen LogP contribution in [0.2, 0.25) is 5.02 Å². The minimum Gasteiger partial charge on any atom is -0.384 e. The number of hydrogen-bond acceptors (Lipinski definition) is 7. The average Bonchev–Trinajstić information content (AvgIpc) is 3.46. The van der Waals surface area contributed by atoms with Gasteiger partial charge in [-0.15, -0.1) is 5.10 Å². The molecule has 2 N–H and O–H groups in total. The van der Waals surface area contributed by atoms with E-state index >= 15 is 0 Å². The molecule has 1 unspecified atom stereocenters. The maximum atomic E-state index is 11.6. The van der Waals surface area contributed by atoms with Crippen molar-refractivity contribution in [2.24, 2.45) is 17.8 Å².